The van der Waals surface area contributed by atoms with Crippen LogP contribution < -0.4 is 4.90 Å². The number of aryl methyl sites for hydroxylation is 1. The van der Waals surface area contributed by atoms with Crippen molar-refractivity contribution in [2.75, 3.05) is 18.5 Å². The molecule has 0 amide bonds. The number of hydrogen-bond acceptors (Lipinski definition) is 5. The molecule has 0 aliphatic carbocycles. The van der Waals surface area contributed by atoms with Crippen LogP contribution in [0, 0.1) is 6.92 Å². The second-order valence-electron chi connectivity index (χ2n) is 5.69. The van der Waals surface area contributed by atoms with Gasteiger partial charge in [-0.25, -0.2) is 0 Å². The Morgan fingerprint density at radius 3 is 2.81 bits per heavy atom. The first-order valence-electron chi connectivity index (χ1n) is 7.49. The van der Waals surface area contributed by atoms with Gasteiger partial charge in [-0.05, 0) is 18.1 Å². The van der Waals surface area contributed by atoms with Crippen molar-refractivity contribution in [2.24, 2.45) is 0 Å². The van der Waals surface area contributed by atoms with E-state index < -0.39 is 0 Å². The molecule has 0 fully saturated rings. The van der Waals surface area contributed by atoms with Crippen LogP contribution in [0.25, 0.3) is 0 Å². The van der Waals surface area contributed by atoms with Crippen molar-refractivity contribution >= 4 is 5.69 Å². The third-order valence-electron chi connectivity index (χ3n) is 4.15. The lowest BCUT2D eigenvalue weighted by molar-refractivity contribution is 0.164. The molecule has 3 rings (SSSR count). The lowest BCUT2D eigenvalue weighted by Gasteiger charge is -2.29. The molecule has 5 nitrogen and oxygen atoms in total. The van der Waals surface area contributed by atoms with Gasteiger partial charge < -0.3 is 9.32 Å². The van der Waals surface area contributed by atoms with Gasteiger partial charge in [0.05, 0.1) is 6.54 Å². The van der Waals surface area contributed by atoms with Crippen LogP contribution in [-0.4, -0.2) is 34.7 Å². The van der Waals surface area contributed by atoms with E-state index in [-0.39, 0.29) is 0 Å². The topological polar surface area (TPSA) is 45.4 Å². The minimum atomic E-state index is 0.481. The highest BCUT2D eigenvalue weighted by Crippen LogP contribution is 2.27. The second kappa shape index (κ2) is 5.85. The van der Waals surface area contributed by atoms with Crippen molar-refractivity contribution in [1.82, 2.24) is 15.1 Å². The Kier molecular flexibility index (Phi) is 3.92. The van der Waals surface area contributed by atoms with Crippen LogP contribution in [0.5, 0.6) is 0 Å². The van der Waals surface area contributed by atoms with Crippen molar-refractivity contribution in [3.63, 3.8) is 0 Å². The van der Waals surface area contributed by atoms with E-state index in [2.05, 4.69) is 58.2 Å². The number of nitrogens with zero attached hydrogens (tertiary/aromatic N) is 4. The molecule has 1 atom stereocenters. The van der Waals surface area contributed by atoms with Gasteiger partial charge in [-0.15, -0.1) is 10.2 Å². The van der Waals surface area contributed by atoms with Crippen molar-refractivity contribution in [3.8, 4) is 0 Å². The molecule has 1 aliphatic rings. The molecule has 0 saturated carbocycles. The predicted molar refractivity (Wildman–Crippen MR) is 82.1 cm³/mol. The number of para-hydroxylation sites is 1. The highest BCUT2D eigenvalue weighted by molar-refractivity contribution is 5.53. The smallest absolute Gasteiger partial charge is 0.230 e. The minimum absolute atomic E-state index is 0.481. The Balaban J connectivity index is 1.87. The van der Waals surface area contributed by atoms with E-state index >= 15 is 0 Å². The zero-order valence-corrected chi connectivity index (χ0v) is 12.9. The lowest BCUT2D eigenvalue weighted by atomic mass is 10.1. The van der Waals surface area contributed by atoms with Crippen molar-refractivity contribution in [3.05, 3.63) is 41.6 Å². The Bertz CT molecular complexity index is 610. The van der Waals surface area contributed by atoms with Gasteiger partial charge in [-0.1, -0.05) is 25.1 Å². The number of aromatic nitrogens is 2. The number of rotatable bonds is 3. The van der Waals surface area contributed by atoms with Gasteiger partial charge in [0.1, 0.15) is 0 Å². The zero-order chi connectivity index (χ0) is 14.8. The molecule has 0 saturated heterocycles. The van der Waals surface area contributed by atoms with Crippen molar-refractivity contribution < 1.29 is 4.42 Å². The monoisotopic (exact) mass is 286 g/mol. The molecule has 2 heterocycles. The fourth-order valence-corrected chi connectivity index (χ4v) is 3.04. The number of fused-ring (bicyclic) bond motifs is 1. The normalized spacial score (nSPS) is 19.4. The van der Waals surface area contributed by atoms with Crippen LogP contribution in [0.3, 0.4) is 0 Å². The second-order valence-corrected chi connectivity index (χ2v) is 5.69. The molecule has 0 spiro atoms. The summed E-state index contributed by atoms with van der Waals surface area (Å²) in [6.45, 7) is 6.71. The standard InChI is InChI=1S/C16H22N4O/c1-4-14-10-19(3)15-8-6-5-7-13(15)9-20(14)11-16-18-17-12(2)21-16/h5-8,14H,4,9-11H2,1-3H3/t14-/m1/s1. The Morgan fingerprint density at radius 2 is 2.10 bits per heavy atom. The first-order chi connectivity index (χ1) is 10.2. The van der Waals surface area contributed by atoms with Crippen LogP contribution in [0.4, 0.5) is 5.69 Å². The molecule has 1 aromatic heterocycles. The van der Waals surface area contributed by atoms with E-state index in [9.17, 15) is 0 Å². The minimum Gasteiger partial charge on any atom is -0.424 e. The van der Waals surface area contributed by atoms with Crippen molar-refractivity contribution in [2.45, 2.75) is 39.4 Å². The summed E-state index contributed by atoms with van der Waals surface area (Å²) in [5.74, 6) is 1.33. The molecule has 112 valence electrons. The first kappa shape index (κ1) is 14.1. The predicted octanol–water partition coefficient (Wildman–Crippen LogP) is 2.61. The third kappa shape index (κ3) is 2.93. The van der Waals surface area contributed by atoms with E-state index in [4.69, 9.17) is 4.42 Å². The maximum Gasteiger partial charge on any atom is 0.230 e. The Morgan fingerprint density at radius 1 is 1.29 bits per heavy atom. The molecular weight excluding hydrogens is 264 g/mol. The molecule has 21 heavy (non-hydrogen) atoms. The molecule has 0 unspecified atom stereocenters. The number of benzene rings is 1. The largest absolute Gasteiger partial charge is 0.424 e. The summed E-state index contributed by atoms with van der Waals surface area (Å²) in [5, 5.41) is 8.07. The summed E-state index contributed by atoms with van der Waals surface area (Å²) >= 11 is 0. The summed E-state index contributed by atoms with van der Waals surface area (Å²) in [7, 11) is 2.17. The van der Waals surface area contributed by atoms with Gasteiger partial charge in [0.2, 0.25) is 11.8 Å². The average Bonchev–Trinajstić information content (AvgIpc) is 2.83. The van der Waals surface area contributed by atoms with Gasteiger partial charge >= 0.3 is 0 Å². The van der Waals surface area contributed by atoms with E-state index in [1.807, 2.05) is 6.92 Å². The summed E-state index contributed by atoms with van der Waals surface area (Å²) in [6.07, 6.45) is 1.10. The summed E-state index contributed by atoms with van der Waals surface area (Å²) < 4.78 is 5.56. The molecular formula is C16H22N4O. The molecule has 0 bridgehead atoms. The number of anilines is 1. The third-order valence-corrected chi connectivity index (χ3v) is 4.15. The maximum atomic E-state index is 5.56. The van der Waals surface area contributed by atoms with Gasteiger partial charge in [0.25, 0.3) is 0 Å². The zero-order valence-electron chi connectivity index (χ0n) is 12.9. The molecule has 1 aromatic carbocycles. The molecule has 0 N–H and O–H groups in total. The van der Waals surface area contributed by atoms with E-state index in [0.717, 1.165) is 19.5 Å². The fourth-order valence-electron chi connectivity index (χ4n) is 3.04. The number of likely N-dealkylation sites (N-methyl/N-ethyl adjacent to an activating group) is 1. The highest BCUT2D eigenvalue weighted by Gasteiger charge is 2.26. The van der Waals surface area contributed by atoms with Crippen molar-refractivity contribution in [1.29, 1.82) is 0 Å². The molecule has 2 aromatic rings. The van der Waals surface area contributed by atoms with E-state index in [0.29, 0.717) is 24.4 Å². The van der Waals surface area contributed by atoms with Gasteiger partial charge in [-0.2, -0.15) is 0 Å². The average molecular weight is 286 g/mol. The maximum absolute atomic E-state index is 5.56. The Labute approximate surface area is 125 Å². The first-order valence-corrected chi connectivity index (χ1v) is 7.49. The van der Waals surface area contributed by atoms with Gasteiger partial charge in [0, 0.05) is 38.8 Å². The van der Waals surface area contributed by atoms with Gasteiger partial charge in [0.15, 0.2) is 0 Å². The SMILES string of the molecule is CC[C@@H]1CN(C)c2ccccc2CN1Cc1nnc(C)o1. The summed E-state index contributed by atoms with van der Waals surface area (Å²) in [6, 6.07) is 9.09. The Hall–Kier alpha value is -1.88. The van der Waals surface area contributed by atoms with E-state index in [1.165, 1.54) is 11.3 Å². The van der Waals surface area contributed by atoms with Crippen LogP contribution in [0.15, 0.2) is 28.7 Å². The lowest BCUT2D eigenvalue weighted by Crippen LogP contribution is -2.39. The summed E-state index contributed by atoms with van der Waals surface area (Å²) in [4.78, 5) is 4.79. The number of hydrogen-bond donors (Lipinski definition) is 0. The van der Waals surface area contributed by atoms with Gasteiger partial charge in [-0.3, -0.25) is 4.90 Å². The van der Waals surface area contributed by atoms with Crippen LogP contribution in [-0.2, 0) is 13.1 Å². The van der Waals surface area contributed by atoms with Crippen LogP contribution in [0.2, 0.25) is 0 Å². The van der Waals surface area contributed by atoms with E-state index in [1.54, 1.807) is 0 Å². The fraction of sp³-hybridized carbons (Fsp3) is 0.500. The van der Waals surface area contributed by atoms with Crippen LogP contribution in [0.1, 0.15) is 30.7 Å². The summed E-state index contributed by atoms with van der Waals surface area (Å²) in [5.41, 5.74) is 2.67. The highest BCUT2D eigenvalue weighted by atomic mass is 16.4. The van der Waals surface area contributed by atoms with Crippen LogP contribution >= 0.6 is 0 Å². The molecule has 0 radical (unpaired) electrons. The molecule has 1 aliphatic heterocycles. The molecule has 5 heteroatoms. The quantitative estimate of drug-likeness (QED) is 0.868.